The second kappa shape index (κ2) is 3.62. The van der Waals surface area contributed by atoms with Crippen LogP contribution in [0.1, 0.15) is 0 Å². The predicted octanol–water partition coefficient (Wildman–Crippen LogP) is 2.67. The Bertz CT molecular complexity index is 691. The number of halogens is 2. The van der Waals surface area contributed by atoms with E-state index in [9.17, 15) is 8.78 Å². The number of nitrogens with zero attached hydrogens (tertiary/aromatic N) is 3. The number of rotatable bonds is 1. The number of fused-ring (bicyclic) bond motifs is 1. The summed E-state index contributed by atoms with van der Waals surface area (Å²) in [5, 5.41) is 3.98. The van der Waals surface area contributed by atoms with Crippen LogP contribution < -0.4 is 0 Å². The third kappa shape index (κ3) is 1.56. The molecule has 0 aliphatic heterocycles. The Balaban J connectivity index is 2.26. The van der Waals surface area contributed by atoms with Gasteiger partial charge in [-0.1, -0.05) is 6.07 Å². The lowest BCUT2D eigenvalue weighted by Crippen LogP contribution is -1.91. The van der Waals surface area contributed by atoms with Crippen molar-refractivity contribution in [3.63, 3.8) is 0 Å². The Morgan fingerprint density at radius 2 is 1.94 bits per heavy atom. The number of hydrogen-bond donors (Lipinski definition) is 0. The molecule has 5 heteroatoms. The summed E-state index contributed by atoms with van der Waals surface area (Å²) in [6.07, 6.45) is 3.16. The summed E-state index contributed by atoms with van der Waals surface area (Å²) in [6, 6.07) is 7.33. The van der Waals surface area contributed by atoms with Crippen LogP contribution in [0, 0.1) is 11.6 Å². The monoisotopic (exact) mass is 231 g/mol. The fourth-order valence-corrected chi connectivity index (χ4v) is 1.74. The molecular formula is C12H7F2N3. The Kier molecular flexibility index (Phi) is 2.11. The summed E-state index contributed by atoms with van der Waals surface area (Å²) in [6.45, 7) is 0. The van der Waals surface area contributed by atoms with Crippen LogP contribution in [0.4, 0.5) is 8.78 Å². The average molecular weight is 231 g/mol. The summed E-state index contributed by atoms with van der Waals surface area (Å²) >= 11 is 0. The third-order valence-electron chi connectivity index (χ3n) is 2.53. The van der Waals surface area contributed by atoms with Gasteiger partial charge in [0.25, 0.3) is 0 Å². The van der Waals surface area contributed by atoms with Crippen molar-refractivity contribution in [2.24, 2.45) is 0 Å². The first-order valence-corrected chi connectivity index (χ1v) is 4.99. The van der Waals surface area contributed by atoms with E-state index in [-0.39, 0.29) is 0 Å². The molecular weight excluding hydrogens is 224 g/mol. The molecule has 3 aromatic rings. The standard InChI is InChI=1S/C12H7F2N3/c13-10-4-3-8(6-11(10)14)9-2-1-5-17-12(9)15-7-16-17/h1-7H. The van der Waals surface area contributed by atoms with Crippen LogP contribution in [0.3, 0.4) is 0 Å². The van der Waals surface area contributed by atoms with Crippen LogP contribution in [0.2, 0.25) is 0 Å². The molecule has 84 valence electrons. The Morgan fingerprint density at radius 1 is 1.06 bits per heavy atom. The Morgan fingerprint density at radius 3 is 2.76 bits per heavy atom. The predicted molar refractivity (Wildman–Crippen MR) is 58.3 cm³/mol. The lowest BCUT2D eigenvalue weighted by molar-refractivity contribution is 0.509. The molecule has 0 fully saturated rings. The van der Waals surface area contributed by atoms with Crippen LogP contribution in [0.15, 0.2) is 42.9 Å². The number of pyridine rings is 1. The van der Waals surface area contributed by atoms with E-state index in [1.165, 1.54) is 12.4 Å². The lowest BCUT2D eigenvalue weighted by Gasteiger charge is -2.03. The van der Waals surface area contributed by atoms with E-state index in [2.05, 4.69) is 10.1 Å². The zero-order chi connectivity index (χ0) is 11.8. The minimum absolute atomic E-state index is 0.572. The second-order valence-corrected chi connectivity index (χ2v) is 3.58. The molecule has 0 bridgehead atoms. The van der Waals surface area contributed by atoms with Crippen molar-refractivity contribution in [1.29, 1.82) is 0 Å². The molecule has 0 unspecified atom stereocenters. The van der Waals surface area contributed by atoms with Gasteiger partial charge >= 0.3 is 0 Å². The average Bonchev–Trinajstić information content (AvgIpc) is 2.80. The maximum atomic E-state index is 13.2. The maximum absolute atomic E-state index is 13.2. The van der Waals surface area contributed by atoms with Crippen LogP contribution in [-0.4, -0.2) is 14.6 Å². The third-order valence-corrected chi connectivity index (χ3v) is 2.53. The molecule has 0 amide bonds. The molecule has 0 N–H and O–H groups in total. The quantitative estimate of drug-likeness (QED) is 0.644. The molecule has 1 aromatic carbocycles. The highest BCUT2D eigenvalue weighted by molar-refractivity contribution is 5.76. The van der Waals surface area contributed by atoms with E-state index >= 15 is 0 Å². The first-order valence-electron chi connectivity index (χ1n) is 4.99. The summed E-state index contributed by atoms with van der Waals surface area (Å²) in [4.78, 5) is 4.08. The van der Waals surface area contributed by atoms with Crippen molar-refractivity contribution >= 4 is 5.65 Å². The Hall–Kier alpha value is -2.30. The zero-order valence-electron chi connectivity index (χ0n) is 8.64. The molecule has 0 aliphatic carbocycles. The van der Waals surface area contributed by atoms with E-state index < -0.39 is 11.6 Å². The molecule has 17 heavy (non-hydrogen) atoms. The minimum atomic E-state index is -0.871. The van der Waals surface area contributed by atoms with E-state index in [1.807, 2.05) is 0 Å². The minimum Gasteiger partial charge on any atom is -0.221 e. The van der Waals surface area contributed by atoms with Gasteiger partial charge in [0.15, 0.2) is 17.3 Å². The summed E-state index contributed by atoms with van der Waals surface area (Å²) in [7, 11) is 0. The van der Waals surface area contributed by atoms with Gasteiger partial charge in [-0.15, -0.1) is 0 Å². The van der Waals surface area contributed by atoms with Crippen LogP contribution in [-0.2, 0) is 0 Å². The second-order valence-electron chi connectivity index (χ2n) is 3.58. The fourth-order valence-electron chi connectivity index (χ4n) is 1.74. The van der Waals surface area contributed by atoms with E-state index in [4.69, 9.17) is 0 Å². The van der Waals surface area contributed by atoms with Gasteiger partial charge in [-0.3, -0.25) is 0 Å². The van der Waals surface area contributed by atoms with Crippen LogP contribution >= 0.6 is 0 Å². The van der Waals surface area contributed by atoms with Gasteiger partial charge in [-0.25, -0.2) is 18.3 Å². The van der Waals surface area contributed by atoms with Gasteiger partial charge in [0.1, 0.15) is 6.33 Å². The van der Waals surface area contributed by atoms with E-state index in [0.717, 1.165) is 12.1 Å². The molecule has 0 saturated heterocycles. The number of hydrogen-bond acceptors (Lipinski definition) is 2. The molecule has 3 nitrogen and oxygen atoms in total. The molecule has 0 saturated carbocycles. The van der Waals surface area contributed by atoms with Crippen molar-refractivity contribution in [2.75, 3.05) is 0 Å². The van der Waals surface area contributed by atoms with Gasteiger partial charge in [0.2, 0.25) is 0 Å². The van der Waals surface area contributed by atoms with Crippen molar-refractivity contribution in [2.45, 2.75) is 0 Å². The summed E-state index contributed by atoms with van der Waals surface area (Å²) in [5.74, 6) is -1.73. The Labute approximate surface area is 95.3 Å². The highest BCUT2D eigenvalue weighted by atomic mass is 19.2. The highest BCUT2D eigenvalue weighted by Gasteiger charge is 2.08. The first-order chi connectivity index (χ1) is 8.25. The summed E-state index contributed by atoms with van der Waals surface area (Å²) < 4.78 is 27.6. The highest BCUT2D eigenvalue weighted by Crippen LogP contribution is 2.24. The van der Waals surface area contributed by atoms with E-state index in [1.54, 1.807) is 22.8 Å². The molecule has 2 aromatic heterocycles. The maximum Gasteiger partial charge on any atom is 0.163 e. The smallest absolute Gasteiger partial charge is 0.163 e. The van der Waals surface area contributed by atoms with Gasteiger partial charge in [0, 0.05) is 11.8 Å². The lowest BCUT2D eigenvalue weighted by atomic mass is 10.1. The van der Waals surface area contributed by atoms with Crippen molar-refractivity contribution in [3.05, 3.63) is 54.5 Å². The molecule has 0 radical (unpaired) electrons. The zero-order valence-corrected chi connectivity index (χ0v) is 8.64. The van der Waals surface area contributed by atoms with E-state index in [0.29, 0.717) is 16.8 Å². The largest absolute Gasteiger partial charge is 0.221 e. The normalized spacial score (nSPS) is 10.9. The molecule has 0 atom stereocenters. The molecule has 0 spiro atoms. The van der Waals surface area contributed by atoms with Crippen LogP contribution in [0.25, 0.3) is 16.8 Å². The molecule has 2 heterocycles. The molecule has 3 rings (SSSR count). The van der Waals surface area contributed by atoms with Gasteiger partial charge in [0.05, 0.1) is 0 Å². The van der Waals surface area contributed by atoms with Gasteiger partial charge in [-0.2, -0.15) is 5.10 Å². The first kappa shape index (κ1) is 9.89. The van der Waals surface area contributed by atoms with Crippen molar-refractivity contribution in [1.82, 2.24) is 14.6 Å². The van der Waals surface area contributed by atoms with Gasteiger partial charge in [-0.05, 0) is 29.8 Å². The molecule has 0 aliphatic rings. The fraction of sp³-hybridized carbons (Fsp3) is 0. The number of aromatic nitrogens is 3. The van der Waals surface area contributed by atoms with Crippen LogP contribution in [0.5, 0.6) is 0 Å². The van der Waals surface area contributed by atoms with Crippen molar-refractivity contribution in [3.8, 4) is 11.1 Å². The topological polar surface area (TPSA) is 30.2 Å². The summed E-state index contributed by atoms with van der Waals surface area (Å²) in [5.41, 5.74) is 1.89. The number of benzene rings is 1. The SMILES string of the molecule is Fc1ccc(-c2cccn3ncnc23)cc1F. The van der Waals surface area contributed by atoms with Crippen molar-refractivity contribution < 1.29 is 8.78 Å². The van der Waals surface area contributed by atoms with Gasteiger partial charge < -0.3 is 0 Å².